The van der Waals surface area contributed by atoms with E-state index in [1.54, 1.807) is 4.90 Å². The first-order valence-corrected chi connectivity index (χ1v) is 7.66. The predicted octanol–water partition coefficient (Wildman–Crippen LogP) is 2.52. The Morgan fingerprint density at radius 3 is 2.90 bits per heavy atom. The lowest BCUT2D eigenvalue weighted by Gasteiger charge is -2.24. The van der Waals surface area contributed by atoms with Crippen molar-refractivity contribution in [1.29, 1.82) is 0 Å². The second-order valence-corrected chi connectivity index (χ2v) is 5.84. The molecule has 0 radical (unpaired) electrons. The molecule has 1 fully saturated rings. The van der Waals surface area contributed by atoms with Crippen LogP contribution >= 0.6 is 0 Å². The van der Waals surface area contributed by atoms with Crippen molar-refractivity contribution < 1.29 is 9.53 Å². The summed E-state index contributed by atoms with van der Waals surface area (Å²) in [5.74, 6) is 0.468. The molecule has 5 heteroatoms. The monoisotopic (exact) mass is 291 g/mol. The van der Waals surface area contributed by atoms with Crippen molar-refractivity contribution in [1.82, 2.24) is 15.2 Å². The molecular weight excluding hydrogens is 266 g/mol. The van der Waals surface area contributed by atoms with E-state index in [0.29, 0.717) is 19.1 Å². The maximum absolute atomic E-state index is 11.4. The molecule has 0 saturated carbocycles. The Morgan fingerprint density at radius 2 is 2.29 bits per heavy atom. The molecule has 1 aromatic heterocycles. The van der Waals surface area contributed by atoms with E-state index in [4.69, 9.17) is 4.74 Å². The largest absolute Gasteiger partial charge is 0.448 e. The molecule has 5 nitrogen and oxygen atoms in total. The summed E-state index contributed by atoms with van der Waals surface area (Å²) >= 11 is 0. The molecule has 1 aliphatic heterocycles. The van der Waals surface area contributed by atoms with Gasteiger partial charge in [0.15, 0.2) is 0 Å². The standard InChI is InChI=1S/C16H25N3O2/c1-12(2)14(15-13(3)6-4-7-18-15)17-8-5-9-19-10-11-21-16(19)20/h4,6-7,12,14,17H,5,8-11H2,1-3H3. The molecule has 2 heterocycles. The fourth-order valence-corrected chi connectivity index (χ4v) is 2.63. The topological polar surface area (TPSA) is 54.5 Å². The van der Waals surface area contributed by atoms with Crippen molar-refractivity contribution in [2.45, 2.75) is 33.2 Å². The van der Waals surface area contributed by atoms with Crippen molar-refractivity contribution in [3.63, 3.8) is 0 Å². The van der Waals surface area contributed by atoms with Gasteiger partial charge in [-0.1, -0.05) is 19.9 Å². The third-order valence-corrected chi connectivity index (χ3v) is 3.83. The zero-order chi connectivity index (χ0) is 15.2. The molecule has 1 N–H and O–H groups in total. The van der Waals surface area contributed by atoms with Crippen LogP contribution < -0.4 is 5.32 Å². The molecule has 1 aliphatic rings. The van der Waals surface area contributed by atoms with E-state index < -0.39 is 0 Å². The van der Waals surface area contributed by atoms with Crippen LogP contribution in [-0.4, -0.2) is 42.2 Å². The van der Waals surface area contributed by atoms with Crippen LogP contribution in [0.3, 0.4) is 0 Å². The summed E-state index contributed by atoms with van der Waals surface area (Å²) in [6, 6.07) is 4.31. The van der Waals surface area contributed by atoms with Crippen molar-refractivity contribution in [3.05, 3.63) is 29.6 Å². The Kier molecular flexibility index (Phi) is 5.56. The number of carbonyl (C=O) groups excluding carboxylic acids is 1. The van der Waals surface area contributed by atoms with Gasteiger partial charge in [-0.3, -0.25) is 4.98 Å². The third kappa shape index (κ3) is 4.17. The van der Waals surface area contributed by atoms with E-state index in [1.165, 1.54) is 5.56 Å². The Hall–Kier alpha value is -1.62. The molecule has 1 unspecified atom stereocenters. The zero-order valence-electron chi connectivity index (χ0n) is 13.1. The van der Waals surface area contributed by atoms with Crippen LogP contribution in [0.4, 0.5) is 4.79 Å². The molecule has 0 aromatic carbocycles. The lowest BCUT2D eigenvalue weighted by atomic mass is 9.97. The molecule has 1 atom stereocenters. The second-order valence-electron chi connectivity index (χ2n) is 5.84. The number of ether oxygens (including phenoxy) is 1. The number of nitrogens with one attached hydrogen (secondary N) is 1. The fourth-order valence-electron chi connectivity index (χ4n) is 2.63. The van der Waals surface area contributed by atoms with Crippen molar-refractivity contribution in [2.24, 2.45) is 5.92 Å². The lowest BCUT2D eigenvalue weighted by molar-refractivity contribution is 0.158. The molecule has 0 spiro atoms. The molecule has 21 heavy (non-hydrogen) atoms. The third-order valence-electron chi connectivity index (χ3n) is 3.83. The van der Waals surface area contributed by atoms with E-state index >= 15 is 0 Å². The maximum Gasteiger partial charge on any atom is 0.409 e. The number of rotatable bonds is 7. The Bertz CT molecular complexity index is 476. The summed E-state index contributed by atoms with van der Waals surface area (Å²) in [5, 5.41) is 3.57. The first-order valence-electron chi connectivity index (χ1n) is 7.66. The predicted molar refractivity (Wildman–Crippen MR) is 82.1 cm³/mol. The summed E-state index contributed by atoms with van der Waals surface area (Å²) in [4.78, 5) is 17.6. The summed E-state index contributed by atoms with van der Waals surface area (Å²) in [6.07, 6.45) is 2.58. The number of aromatic nitrogens is 1. The van der Waals surface area contributed by atoms with Crippen LogP contribution in [-0.2, 0) is 4.74 Å². The minimum absolute atomic E-state index is 0.184. The van der Waals surface area contributed by atoms with E-state index in [0.717, 1.165) is 25.2 Å². The molecule has 0 bridgehead atoms. The average Bonchev–Trinajstić information content (AvgIpc) is 2.85. The number of pyridine rings is 1. The summed E-state index contributed by atoms with van der Waals surface area (Å²) < 4.78 is 4.92. The van der Waals surface area contributed by atoms with Gasteiger partial charge in [0.1, 0.15) is 6.61 Å². The molecular formula is C16H25N3O2. The van der Waals surface area contributed by atoms with Crippen molar-refractivity contribution >= 4 is 6.09 Å². The fraction of sp³-hybridized carbons (Fsp3) is 0.625. The van der Waals surface area contributed by atoms with Crippen LogP contribution in [0.2, 0.25) is 0 Å². The molecule has 1 aromatic rings. The zero-order valence-corrected chi connectivity index (χ0v) is 13.1. The van der Waals surface area contributed by atoms with Crippen molar-refractivity contribution in [2.75, 3.05) is 26.2 Å². The maximum atomic E-state index is 11.4. The van der Waals surface area contributed by atoms with Gasteiger partial charge in [0, 0.05) is 12.7 Å². The van der Waals surface area contributed by atoms with Gasteiger partial charge in [-0.05, 0) is 37.4 Å². The van der Waals surface area contributed by atoms with E-state index in [2.05, 4.69) is 37.1 Å². The lowest BCUT2D eigenvalue weighted by Crippen LogP contribution is -2.32. The van der Waals surface area contributed by atoms with Gasteiger partial charge in [-0.15, -0.1) is 0 Å². The first kappa shape index (κ1) is 15.8. The highest BCUT2D eigenvalue weighted by molar-refractivity contribution is 5.69. The average molecular weight is 291 g/mol. The van der Waals surface area contributed by atoms with Gasteiger partial charge in [0.05, 0.1) is 18.3 Å². The minimum atomic E-state index is -0.184. The highest BCUT2D eigenvalue weighted by Gasteiger charge is 2.22. The Labute approximate surface area is 126 Å². The van der Waals surface area contributed by atoms with Crippen LogP contribution in [0.25, 0.3) is 0 Å². The van der Waals surface area contributed by atoms with Gasteiger partial charge >= 0.3 is 6.09 Å². The quantitative estimate of drug-likeness (QED) is 0.784. The summed E-state index contributed by atoms with van der Waals surface area (Å²) in [6.45, 7) is 9.34. The van der Waals surface area contributed by atoms with E-state index in [-0.39, 0.29) is 12.1 Å². The molecule has 116 valence electrons. The van der Waals surface area contributed by atoms with Gasteiger partial charge in [0.2, 0.25) is 0 Å². The number of amides is 1. The van der Waals surface area contributed by atoms with Gasteiger partial charge in [-0.2, -0.15) is 0 Å². The van der Waals surface area contributed by atoms with E-state index in [9.17, 15) is 4.79 Å². The number of nitrogens with zero attached hydrogens (tertiary/aromatic N) is 2. The molecule has 2 rings (SSSR count). The number of aryl methyl sites for hydroxylation is 1. The molecule has 1 saturated heterocycles. The summed E-state index contributed by atoms with van der Waals surface area (Å²) in [7, 11) is 0. The number of cyclic esters (lactones) is 1. The second kappa shape index (κ2) is 7.41. The Balaban J connectivity index is 1.84. The first-order chi connectivity index (χ1) is 10.1. The molecule has 0 aliphatic carbocycles. The number of hydrogen-bond acceptors (Lipinski definition) is 4. The van der Waals surface area contributed by atoms with Crippen LogP contribution in [0.1, 0.15) is 37.6 Å². The van der Waals surface area contributed by atoms with E-state index in [1.807, 2.05) is 12.3 Å². The Morgan fingerprint density at radius 1 is 1.48 bits per heavy atom. The smallest absolute Gasteiger partial charge is 0.409 e. The summed E-state index contributed by atoms with van der Waals surface area (Å²) in [5.41, 5.74) is 2.33. The number of hydrogen-bond donors (Lipinski definition) is 1. The molecule has 1 amide bonds. The van der Waals surface area contributed by atoms with Crippen LogP contribution in [0.15, 0.2) is 18.3 Å². The SMILES string of the molecule is Cc1cccnc1C(NCCCN1CCOC1=O)C(C)C. The van der Waals surface area contributed by atoms with Gasteiger partial charge in [-0.25, -0.2) is 4.79 Å². The van der Waals surface area contributed by atoms with Gasteiger partial charge < -0.3 is 15.0 Å². The minimum Gasteiger partial charge on any atom is -0.448 e. The van der Waals surface area contributed by atoms with Crippen LogP contribution in [0.5, 0.6) is 0 Å². The highest BCUT2D eigenvalue weighted by atomic mass is 16.6. The highest BCUT2D eigenvalue weighted by Crippen LogP contribution is 2.22. The van der Waals surface area contributed by atoms with Crippen LogP contribution in [0, 0.1) is 12.8 Å². The van der Waals surface area contributed by atoms with Crippen molar-refractivity contribution in [3.8, 4) is 0 Å². The van der Waals surface area contributed by atoms with Gasteiger partial charge in [0.25, 0.3) is 0 Å². The normalized spacial score (nSPS) is 16.4. The number of carbonyl (C=O) groups is 1.